The molecule has 2 atom stereocenters. The summed E-state index contributed by atoms with van der Waals surface area (Å²) in [7, 11) is 0. The van der Waals surface area contributed by atoms with Gasteiger partial charge in [-0.1, -0.05) is 0 Å². The van der Waals surface area contributed by atoms with Crippen LogP contribution in [0.15, 0.2) is 12.1 Å². The van der Waals surface area contributed by atoms with Gasteiger partial charge in [-0.2, -0.15) is 17.7 Å². The second kappa shape index (κ2) is 5.14. The molecular weight excluding hydrogens is 287 g/mol. The first-order chi connectivity index (χ1) is 9.93. The molecule has 0 bridgehead atoms. The van der Waals surface area contributed by atoms with E-state index in [4.69, 9.17) is 4.74 Å². The maximum Gasteiger partial charge on any atom is 0.453 e. The van der Waals surface area contributed by atoms with Gasteiger partial charge in [-0.25, -0.2) is 0 Å². The summed E-state index contributed by atoms with van der Waals surface area (Å²) in [5, 5.41) is 13.7. The fourth-order valence-corrected chi connectivity index (χ4v) is 2.38. The zero-order valence-electron chi connectivity index (χ0n) is 11.3. The van der Waals surface area contributed by atoms with E-state index < -0.39 is 12.0 Å². The first kappa shape index (κ1) is 14.1. The zero-order chi connectivity index (χ0) is 15.0. The lowest BCUT2D eigenvalue weighted by atomic mass is 10.0. The SMILES string of the molecule is C[C@@H]1C[C@H](Nc2ccc3nnc(C(F)(F)F)n3n2)CCO1. The average molecular weight is 301 g/mol. The topological polar surface area (TPSA) is 64.3 Å². The molecule has 1 N–H and O–H groups in total. The Morgan fingerprint density at radius 1 is 1.33 bits per heavy atom. The Hall–Kier alpha value is -1.90. The lowest BCUT2D eigenvalue weighted by Gasteiger charge is -2.28. The predicted octanol–water partition coefficient (Wildman–Crippen LogP) is 2.12. The van der Waals surface area contributed by atoms with Crippen LogP contribution in [0.1, 0.15) is 25.6 Å². The zero-order valence-corrected chi connectivity index (χ0v) is 11.3. The molecule has 21 heavy (non-hydrogen) atoms. The van der Waals surface area contributed by atoms with Gasteiger partial charge in [-0.3, -0.25) is 0 Å². The Bertz CT molecular complexity index is 641. The van der Waals surface area contributed by atoms with Crippen molar-refractivity contribution in [2.45, 2.75) is 38.1 Å². The van der Waals surface area contributed by atoms with Crippen LogP contribution in [0, 0.1) is 0 Å². The van der Waals surface area contributed by atoms with E-state index in [9.17, 15) is 13.2 Å². The van der Waals surface area contributed by atoms with Crippen LogP contribution in [0.25, 0.3) is 5.65 Å². The van der Waals surface area contributed by atoms with Crippen molar-refractivity contribution in [3.63, 3.8) is 0 Å². The van der Waals surface area contributed by atoms with Crippen molar-refractivity contribution in [1.29, 1.82) is 0 Å². The average Bonchev–Trinajstić information content (AvgIpc) is 2.81. The van der Waals surface area contributed by atoms with Crippen molar-refractivity contribution in [2.24, 2.45) is 0 Å². The van der Waals surface area contributed by atoms with Gasteiger partial charge in [0.2, 0.25) is 0 Å². The van der Waals surface area contributed by atoms with Gasteiger partial charge in [-0.15, -0.1) is 15.3 Å². The monoisotopic (exact) mass is 301 g/mol. The van der Waals surface area contributed by atoms with Gasteiger partial charge in [0.05, 0.1) is 6.10 Å². The highest BCUT2D eigenvalue weighted by Gasteiger charge is 2.37. The molecule has 0 aromatic carbocycles. The predicted molar refractivity (Wildman–Crippen MR) is 67.8 cm³/mol. The number of ether oxygens (including phenoxy) is 1. The molecule has 0 aliphatic carbocycles. The molecule has 9 heteroatoms. The Morgan fingerprint density at radius 2 is 2.14 bits per heavy atom. The minimum Gasteiger partial charge on any atom is -0.378 e. The molecule has 0 spiro atoms. The third kappa shape index (κ3) is 2.92. The third-order valence-corrected chi connectivity index (χ3v) is 3.35. The number of nitrogens with one attached hydrogen (secondary N) is 1. The van der Waals surface area contributed by atoms with Crippen LogP contribution in [0.3, 0.4) is 0 Å². The highest BCUT2D eigenvalue weighted by atomic mass is 19.4. The maximum absolute atomic E-state index is 12.8. The van der Waals surface area contributed by atoms with E-state index in [1.54, 1.807) is 6.07 Å². The number of hydrogen-bond acceptors (Lipinski definition) is 5. The summed E-state index contributed by atoms with van der Waals surface area (Å²) in [6, 6.07) is 3.19. The summed E-state index contributed by atoms with van der Waals surface area (Å²) in [4.78, 5) is 0. The van der Waals surface area contributed by atoms with E-state index >= 15 is 0 Å². The quantitative estimate of drug-likeness (QED) is 0.920. The fraction of sp³-hybridized carbons (Fsp3) is 0.583. The number of rotatable bonds is 2. The van der Waals surface area contributed by atoms with Crippen LogP contribution < -0.4 is 5.32 Å². The lowest BCUT2D eigenvalue weighted by Crippen LogP contribution is -2.32. The standard InChI is InChI=1S/C12H14F3N5O/c1-7-6-8(4-5-21-7)16-9-2-3-10-17-18-11(12(13,14)15)20(10)19-9/h2-3,7-8H,4-6H2,1H3,(H,16,19)/t7-,8-/m1/s1. The largest absolute Gasteiger partial charge is 0.453 e. The van der Waals surface area contributed by atoms with Crippen molar-refractivity contribution in [2.75, 3.05) is 11.9 Å². The second-order valence-electron chi connectivity index (χ2n) is 5.06. The highest BCUT2D eigenvalue weighted by molar-refractivity contribution is 5.44. The van der Waals surface area contributed by atoms with E-state index in [1.165, 1.54) is 6.07 Å². The van der Waals surface area contributed by atoms with Crippen LogP contribution in [0.2, 0.25) is 0 Å². The lowest BCUT2D eigenvalue weighted by molar-refractivity contribution is -0.146. The Balaban J connectivity index is 1.86. The van der Waals surface area contributed by atoms with Crippen molar-refractivity contribution >= 4 is 11.5 Å². The first-order valence-electron chi connectivity index (χ1n) is 6.61. The molecule has 1 aliphatic rings. The molecule has 114 valence electrons. The molecule has 3 rings (SSSR count). The van der Waals surface area contributed by atoms with E-state index in [-0.39, 0.29) is 17.8 Å². The van der Waals surface area contributed by atoms with Crippen molar-refractivity contribution in [3.05, 3.63) is 18.0 Å². The molecule has 1 fully saturated rings. The van der Waals surface area contributed by atoms with Crippen LogP contribution in [0.5, 0.6) is 0 Å². The molecule has 0 saturated carbocycles. The van der Waals surface area contributed by atoms with E-state index in [1.807, 2.05) is 6.92 Å². The number of alkyl halides is 3. The molecule has 2 aromatic heterocycles. The number of fused-ring (bicyclic) bond motifs is 1. The third-order valence-electron chi connectivity index (χ3n) is 3.35. The van der Waals surface area contributed by atoms with Gasteiger partial charge < -0.3 is 10.1 Å². The van der Waals surface area contributed by atoms with Gasteiger partial charge in [0.15, 0.2) is 5.65 Å². The van der Waals surface area contributed by atoms with Gasteiger partial charge in [0, 0.05) is 12.6 Å². The van der Waals surface area contributed by atoms with Gasteiger partial charge >= 0.3 is 6.18 Å². The van der Waals surface area contributed by atoms with Crippen LogP contribution in [-0.4, -0.2) is 38.6 Å². The number of aromatic nitrogens is 4. The summed E-state index contributed by atoms with van der Waals surface area (Å²) in [6.07, 6.45) is -2.88. The normalized spacial score (nSPS) is 23.4. The van der Waals surface area contributed by atoms with E-state index in [2.05, 4.69) is 20.6 Å². The minimum absolute atomic E-state index is 0.0632. The van der Waals surface area contributed by atoms with Crippen LogP contribution >= 0.6 is 0 Å². The number of halogens is 3. The molecule has 0 amide bonds. The Morgan fingerprint density at radius 3 is 2.86 bits per heavy atom. The number of hydrogen-bond donors (Lipinski definition) is 1. The maximum atomic E-state index is 12.8. The van der Waals surface area contributed by atoms with Crippen molar-refractivity contribution in [3.8, 4) is 0 Å². The summed E-state index contributed by atoms with van der Waals surface area (Å²) in [5.74, 6) is -0.756. The molecular formula is C12H14F3N5O. The molecule has 0 unspecified atom stereocenters. The van der Waals surface area contributed by atoms with Crippen molar-refractivity contribution < 1.29 is 17.9 Å². The molecule has 1 saturated heterocycles. The summed E-state index contributed by atoms with van der Waals surface area (Å²) >= 11 is 0. The van der Waals surface area contributed by atoms with E-state index in [0.717, 1.165) is 12.8 Å². The number of nitrogens with zero attached hydrogens (tertiary/aromatic N) is 4. The first-order valence-corrected chi connectivity index (χ1v) is 6.61. The summed E-state index contributed by atoms with van der Waals surface area (Å²) in [5.41, 5.74) is 0.0632. The molecule has 1 aliphatic heterocycles. The Labute approximate surface area is 118 Å². The van der Waals surface area contributed by atoms with E-state index in [0.29, 0.717) is 16.9 Å². The van der Waals surface area contributed by atoms with Gasteiger partial charge in [0.1, 0.15) is 5.82 Å². The van der Waals surface area contributed by atoms with Crippen LogP contribution in [-0.2, 0) is 10.9 Å². The summed E-state index contributed by atoms with van der Waals surface area (Å²) in [6.45, 7) is 2.59. The second-order valence-corrected chi connectivity index (χ2v) is 5.06. The van der Waals surface area contributed by atoms with Gasteiger partial charge in [-0.05, 0) is 31.9 Å². The molecule has 2 aromatic rings. The van der Waals surface area contributed by atoms with Crippen LogP contribution in [0.4, 0.5) is 19.0 Å². The number of anilines is 1. The highest BCUT2D eigenvalue weighted by Crippen LogP contribution is 2.27. The fourth-order valence-electron chi connectivity index (χ4n) is 2.38. The Kier molecular flexibility index (Phi) is 3.44. The minimum atomic E-state index is -4.59. The van der Waals surface area contributed by atoms with Crippen molar-refractivity contribution in [1.82, 2.24) is 19.8 Å². The molecule has 6 nitrogen and oxygen atoms in total. The smallest absolute Gasteiger partial charge is 0.378 e. The summed E-state index contributed by atoms with van der Waals surface area (Å²) < 4.78 is 44.5. The molecule has 3 heterocycles. The van der Waals surface area contributed by atoms with Gasteiger partial charge in [0.25, 0.3) is 5.82 Å². The molecule has 0 radical (unpaired) electrons.